The van der Waals surface area contributed by atoms with Crippen molar-refractivity contribution in [3.8, 4) is 0 Å². The summed E-state index contributed by atoms with van der Waals surface area (Å²) in [5.41, 5.74) is -0.383. The maximum absolute atomic E-state index is 14.8. The van der Waals surface area contributed by atoms with Crippen molar-refractivity contribution in [2.24, 2.45) is 0 Å². The van der Waals surface area contributed by atoms with E-state index < -0.39 is 29.6 Å². The first-order valence-corrected chi connectivity index (χ1v) is 10.1. The molecule has 1 aromatic carbocycles. The minimum Gasteiger partial charge on any atom is -0.447 e. The van der Waals surface area contributed by atoms with E-state index in [1.165, 1.54) is 24.1 Å². The molecule has 1 atom stereocenters. The number of cyclic esters (lactones) is 1. The number of carbonyl (C=O) groups excluding carboxylic acids is 3. The van der Waals surface area contributed by atoms with E-state index in [2.05, 4.69) is 0 Å². The third-order valence-electron chi connectivity index (χ3n) is 4.99. The van der Waals surface area contributed by atoms with Crippen LogP contribution in [0, 0.1) is 5.82 Å². The van der Waals surface area contributed by atoms with Gasteiger partial charge in [0.05, 0.1) is 18.3 Å². The quantitative estimate of drug-likeness (QED) is 0.719. The van der Waals surface area contributed by atoms with Gasteiger partial charge in [-0.25, -0.2) is 14.0 Å². The highest BCUT2D eigenvalue weighted by Gasteiger charge is 2.36. The molecule has 2 fully saturated rings. The summed E-state index contributed by atoms with van der Waals surface area (Å²) in [4.78, 5) is 41.3. The molecule has 1 aromatic rings. The molecule has 31 heavy (non-hydrogen) atoms. The van der Waals surface area contributed by atoms with Crippen molar-refractivity contribution in [2.75, 3.05) is 51.4 Å². The highest BCUT2D eigenvalue weighted by molar-refractivity contribution is 5.96. The lowest BCUT2D eigenvalue weighted by atomic mass is 10.1. The molecule has 0 radical (unpaired) electrons. The second-order valence-electron chi connectivity index (χ2n) is 8.48. The fourth-order valence-corrected chi connectivity index (χ4v) is 3.51. The van der Waals surface area contributed by atoms with E-state index in [4.69, 9.17) is 14.2 Å². The normalized spacial score (nSPS) is 19.5. The first-order chi connectivity index (χ1) is 14.6. The number of methoxy groups -OCH3 is 1. The van der Waals surface area contributed by atoms with Crippen LogP contribution >= 0.6 is 0 Å². The second-order valence-corrected chi connectivity index (χ2v) is 8.48. The van der Waals surface area contributed by atoms with Gasteiger partial charge in [0.15, 0.2) is 0 Å². The van der Waals surface area contributed by atoms with Crippen LogP contribution in [0.2, 0.25) is 0 Å². The Hall–Kier alpha value is -2.88. The Morgan fingerprint density at radius 1 is 1.16 bits per heavy atom. The van der Waals surface area contributed by atoms with Gasteiger partial charge in [-0.15, -0.1) is 0 Å². The number of nitrogens with zero attached hydrogens (tertiary/aromatic N) is 3. The van der Waals surface area contributed by atoms with E-state index in [9.17, 15) is 18.8 Å². The van der Waals surface area contributed by atoms with Crippen LogP contribution in [-0.2, 0) is 14.2 Å². The number of anilines is 1. The van der Waals surface area contributed by atoms with Gasteiger partial charge < -0.3 is 24.0 Å². The van der Waals surface area contributed by atoms with E-state index in [1.807, 2.05) is 0 Å². The molecule has 0 N–H and O–H groups in total. The van der Waals surface area contributed by atoms with Gasteiger partial charge in [-0.2, -0.15) is 0 Å². The molecule has 0 bridgehead atoms. The van der Waals surface area contributed by atoms with E-state index in [-0.39, 0.29) is 30.4 Å². The van der Waals surface area contributed by atoms with Crippen molar-refractivity contribution in [1.82, 2.24) is 9.80 Å². The molecule has 9 nitrogen and oxygen atoms in total. The SMILES string of the molecule is COCC1COC(=O)N1c1ccc(C(=O)N2CCN(C(=O)OC(C)(C)C)CC2)cc1F. The van der Waals surface area contributed by atoms with Gasteiger partial charge in [0.1, 0.15) is 18.0 Å². The minimum absolute atomic E-state index is 0.0378. The van der Waals surface area contributed by atoms with Crippen molar-refractivity contribution < 1.29 is 33.0 Å². The summed E-state index contributed by atoms with van der Waals surface area (Å²) >= 11 is 0. The predicted molar refractivity (Wildman–Crippen MR) is 110 cm³/mol. The molecule has 0 aromatic heterocycles. The van der Waals surface area contributed by atoms with Crippen LogP contribution in [0.4, 0.5) is 19.7 Å². The zero-order valence-electron chi connectivity index (χ0n) is 18.2. The number of hydrogen-bond donors (Lipinski definition) is 0. The molecule has 1 unspecified atom stereocenters. The maximum atomic E-state index is 14.8. The van der Waals surface area contributed by atoms with Crippen molar-refractivity contribution in [1.29, 1.82) is 0 Å². The number of hydrogen-bond acceptors (Lipinski definition) is 6. The molecule has 0 saturated carbocycles. The van der Waals surface area contributed by atoms with E-state index in [1.54, 1.807) is 30.6 Å². The van der Waals surface area contributed by atoms with Crippen LogP contribution < -0.4 is 4.90 Å². The van der Waals surface area contributed by atoms with Crippen LogP contribution in [0.5, 0.6) is 0 Å². The average molecular weight is 437 g/mol. The molecule has 0 aliphatic carbocycles. The Balaban J connectivity index is 1.65. The van der Waals surface area contributed by atoms with Crippen molar-refractivity contribution in [3.63, 3.8) is 0 Å². The second kappa shape index (κ2) is 9.09. The molecular weight excluding hydrogens is 409 g/mol. The highest BCUT2D eigenvalue weighted by atomic mass is 19.1. The molecule has 0 spiro atoms. The van der Waals surface area contributed by atoms with Gasteiger partial charge in [0.25, 0.3) is 5.91 Å². The van der Waals surface area contributed by atoms with Crippen LogP contribution in [-0.4, -0.2) is 86.0 Å². The molecule has 2 saturated heterocycles. The summed E-state index contributed by atoms with van der Waals surface area (Å²) in [7, 11) is 1.49. The largest absolute Gasteiger partial charge is 0.447 e. The summed E-state index contributed by atoms with van der Waals surface area (Å²) < 4.78 is 30.2. The van der Waals surface area contributed by atoms with E-state index in [0.29, 0.717) is 26.2 Å². The monoisotopic (exact) mass is 437 g/mol. The van der Waals surface area contributed by atoms with Gasteiger partial charge in [0.2, 0.25) is 0 Å². The average Bonchev–Trinajstić information content (AvgIpc) is 3.06. The number of benzene rings is 1. The van der Waals surface area contributed by atoms with E-state index in [0.717, 1.165) is 6.07 Å². The summed E-state index contributed by atoms with van der Waals surface area (Å²) in [6.07, 6.45) is -1.07. The number of carbonyl (C=O) groups is 3. The highest BCUT2D eigenvalue weighted by Crippen LogP contribution is 2.27. The molecule has 10 heteroatoms. The minimum atomic E-state index is -0.696. The fraction of sp³-hybridized carbons (Fsp3) is 0.571. The third kappa shape index (κ3) is 5.25. The lowest BCUT2D eigenvalue weighted by molar-refractivity contribution is 0.0141. The smallest absolute Gasteiger partial charge is 0.414 e. The van der Waals surface area contributed by atoms with Crippen LogP contribution in [0.15, 0.2) is 18.2 Å². The Labute approximate surface area is 180 Å². The predicted octanol–water partition coefficient (Wildman–Crippen LogP) is 2.49. The summed E-state index contributed by atoms with van der Waals surface area (Å²) in [5.74, 6) is -1.04. The van der Waals surface area contributed by atoms with Crippen LogP contribution in [0.1, 0.15) is 31.1 Å². The van der Waals surface area contributed by atoms with Crippen molar-refractivity contribution in [3.05, 3.63) is 29.6 Å². The molecular formula is C21H28FN3O6. The number of halogens is 1. The van der Waals surface area contributed by atoms with Crippen molar-refractivity contribution >= 4 is 23.8 Å². The third-order valence-corrected chi connectivity index (χ3v) is 4.99. The lowest BCUT2D eigenvalue weighted by Gasteiger charge is -2.35. The Morgan fingerprint density at radius 3 is 2.39 bits per heavy atom. The van der Waals surface area contributed by atoms with Gasteiger partial charge in [-0.3, -0.25) is 9.69 Å². The van der Waals surface area contributed by atoms with E-state index >= 15 is 0 Å². The summed E-state index contributed by atoms with van der Waals surface area (Å²) in [6, 6.07) is 3.56. The molecule has 2 heterocycles. The number of rotatable bonds is 4. The first kappa shape index (κ1) is 22.8. The van der Waals surface area contributed by atoms with Gasteiger partial charge in [-0.05, 0) is 39.0 Å². The lowest BCUT2D eigenvalue weighted by Crippen LogP contribution is -2.51. The maximum Gasteiger partial charge on any atom is 0.414 e. The number of amides is 3. The molecule has 170 valence electrons. The van der Waals surface area contributed by atoms with Gasteiger partial charge in [-0.1, -0.05) is 0 Å². The molecule has 3 amide bonds. The molecule has 2 aliphatic rings. The number of ether oxygens (including phenoxy) is 3. The number of piperazine rings is 1. The topological polar surface area (TPSA) is 88.6 Å². The van der Waals surface area contributed by atoms with Gasteiger partial charge in [0, 0.05) is 38.9 Å². The first-order valence-electron chi connectivity index (χ1n) is 10.1. The van der Waals surface area contributed by atoms with Crippen LogP contribution in [0.3, 0.4) is 0 Å². The summed E-state index contributed by atoms with van der Waals surface area (Å²) in [6.45, 7) is 6.99. The van der Waals surface area contributed by atoms with Gasteiger partial charge >= 0.3 is 12.2 Å². The molecule has 3 rings (SSSR count). The Bertz CT molecular complexity index is 848. The zero-order valence-corrected chi connectivity index (χ0v) is 18.2. The zero-order chi connectivity index (χ0) is 22.8. The standard InChI is InChI=1S/C21H28FN3O6/c1-21(2,3)31-19(27)24-9-7-23(8-10-24)18(26)14-5-6-17(16(22)11-14)25-15(12-29-4)13-30-20(25)28/h5-6,11,15H,7-10,12-13H2,1-4H3. The Morgan fingerprint density at radius 2 is 1.81 bits per heavy atom. The van der Waals surface area contributed by atoms with Crippen molar-refractivity contribution in [2.45, 2.75) is 32.4 Å². The Kier molecular flexibility index (Phi) is 6.68. The molecule has 2 aliphatic heterocycles. The fourth-order valence-electron chi connectivity index (χ4n) is 3.51. The summed E-state index contributed by atoms with van der Waals surface area (Å²) in [5, 5.41) is 0. The van der Waals surface area contributed by atoms with Crippen LogP contribution in [0.25, 0.3) is 0 Å².